The summed E-state index contributed by atoms with van der Waals surface area (Å²) in [4.78, 5) is 1.46. The van der Waals surface area contributed by atoms with Crippen molar-refractivity contribution in [2.45, 2.75) is 38.2 Å². The maximum Gasteiger partial charge on any atom is 0.0842 e. The molecule has 0 amide bonds. The maximum absolute atomic E-state index is 10.0. The average Bonchev–Trinajstić information content (AvgIpc) is 2.73. The van der Waals surface area contributed by atoms with Crippen molar-refractivity contribution in [1.82, 2.24) is 0 Å². The molecule has 0 bridgehead atoms. The fraction of sp³-hybridized carbons (Fsp3) is 0.667. The van der Waals surface area contributed by atoms with E-state index in [1.54, 1.807) is 0 Å². The molecule has 0 fully saturated rings. The number of aryl methyl sites for hydroxylation is 1. The van der Waals surface area contributed by atoms with Gasteiger partial charge in [0.2, 0.25) is 0 Å². The Balaban J connectivity index is 2.05. The molecule has 84 valence electrons. The van der Waals surface area contributed by atoms with Gasteiger partial charge in [0.1, 0.15) is 0 Å². The molecule has 2 atom stereocenters. The van der Waals surface area contributed by atoms with E-state index in [1.165, 1.54) is 23.3 Å². The topological polar surface area (TPSA) is 29.5 Å². The van der Waals surface area contributed by atoms with Crippen LogP contribution in [0.3, 0.4) is 0 Å². The Morgan fingerprint density at radius 1 is 1.67 bits per heavy atom. The summed E-state index contributed by atoms with van der Waals surface area (Å²) in [5, 5.41) is 12.2. The summed E-state index contributed by atoms with van der Waals surface area (Å²) >= 11 is 1.82. The third-order valence-corrected chi connectivity index (χ3v) is 4.05. The van der Waals surface area contributed by atoms with Gasteiger partial charge in [-0.2, -0.15) is 0 Å². The largest absolute Gasteiger partial charge is 0.390 e. The summed E-state index contributed by atoms with van der Waals surface area (Å²) in [7, 11) is 0. The number of hydrogen-bond acceptors (Lipinski definition) is 3. The molecule has 2 rings (SSSR count). The predicted molar refractivity (Wildman–Crippen MR) is 62.5 cm³/mol. The van der Waals surface area contributed by atoms with Gasteiger partial charge in [0.05, 0.1) is 12.7 Å². The Kier molecular flexibility index (Phi) is 3.78. The highest BCUT2D eigenvalue weighted by atomic mass is 32.1. The number of thiophene rings is 1. The molecule has 0 saturated heterocycles. The molecule has 0 spiro atoms. The minimum absolute atomic E-state index is 0.298. The molecule has 2 nitrogen and oxygen atoms in total. The Morgan fingerprint density at radius 3 is 3.33 bits per heavy atom. The van der Waals surface area contributed by atoms with Crippen LogP contribution in [0, 0.1) is 0 Å². The van der Waals surface area contributed by atoms with E-state index in [9.17, 15) is 5.11 Å². The van der Waals surface area contributed by atoms with E-state index >= 15 is 0 Å². The van der Waals surface area contributed by atoms with Crippen LogP contribution in [0.1, 0.15) is 36.1 Å². The van der Waals surface area contributed by atoms with Crippen molar-refractivity contribution in [3.63, 3.8) is 0 Å². The van der Waals surface area contributed by atoms with Gasteiger partial charge in [-0.15, -0.1) is 11.3 Å². The lowest BCUT2D eigenvalue weighted by Gasteiger charge is -2.27. The molecular weight excluding hydrogens is 208 g/mol. The van der Waals surface area contributed by atoms with Crippen LogP contribution in [0.4, 0.5) is 0 Å². The smallest absolute Gasteiger partial charge is 0.0842 e. The lowest BCUT2D eigenvalue weighted by molar-refractivity contribution is 0.0242. The number of aliphatic hydroxyl groups is 1. The molecule has 1 aromatic heterocycles. The van der Waals surface area contributed by atoms with Crippen molar-refractivity contribution in [1.29, 1.82) is 0 Å². The molecule has 1 aliphatic rings. The molecule has 0 radical (unpaired) electrons. The van der Waals surface area contributed by atoms with Crippen molar-refractivity contribution in [3.8, 4) is 0 Å². The number of ether oxygens (including phenoxy) is 1. The second-order valence-electron chi connectivity index (χ2n) is 4.02. The first-order chi connectivity index (χ1) is 7.33. The second-order valence-corrected chi connectivity index (χ2v) is 5.03. The highest BCUT2D eigenvalue weighted by Gasteiger charge is 2.27. The summed E-state index contributed by atoms with van der Waals surface area (Å²) in [6.07, 6.45) is 3.14. The van der Waals surface area contributed by atoms with Crippen molar-refractivity contribution >= 4 is 11.3 Å². The molecule has 2 unspecified atom stereocenters. The first-order valence-corrected chi connectivity index (χ1v) is 6.53. The van der Waals surface area contributed by atoms with E-state index in [4.69, 9.17) is 4.74 Å². The van der Waals surface area contributed by atoms with Crippen LogP contribution < -0.4 is 0 Å². The van der Waals surface area contributed by atoms with Gasteiger partial charge in [-0.3, -0.25) is 0 Å². The van der Waals surface area contributed by atoms with Gasteiger partial charge >= 0.3 is 0 Å². The summed E-state index contributed by atoms with van der Waals surface area (Å²) in [5.74, 6) is 0.298. The lowest BCUT2D eigenvalue weighted by Crippen LogP contribution is -2.26. The van der Waals surface area contributed by atoms with Crippen molar-refractivity contribution in [2.24, 2.45) is 0 Å². The van der Waals surface area contributed by atoms with Gasteiger partial charge in [-0.25, -0.2) is 0 Å². The Hall–Kier alpha value is -0.380. The monoisotopic (exact) mass is 226 g/mol. The Labute approximate surface area is 94.9 Å². The Bertz CT molecular complexity index is 308. The maximum atomic E-state index is 10.0. The van der Waals surface area contributed by atoms with Crippen molar-refractivity contribution < 1.29 is 9.84 Å². The third kappa shape index (κ3) is 2.41. The standard InChI is InChI=1S/C12H18O2S/c1-2-14-8-11(13)9-4-3-5-12-10(9)6-7-15-12/h6-7,9,11,13H,2-5,8H2,1H3. The van der Waals surface area contributed by atoms with Gasteiger partial charge in [-0.05, 0) is 43.2 Å². The van der Waals surface area contributed by atoms with Gasteiger partial charge < -0.3 is 9.84 Å². The van der Waals surface area contributed by atoms with Crippen LogP contribution in [-0.4, -0.2) is 24.4 Å². The van der Waals surface area contributed by atoms with Gasteiger partial charge in [0.25, 0.3) is 0 Å². The SMILES string of the molecule is CCOCC(O)C1CCCc2sccc21. The van der Waals surface area contributed by atoms with Gasteiger partial charge in [-0.1, -0.05) is 0 Å². The summed E-state index contributed by atoms with van der Waals surface area (Å²) < 4.78 is 5.29. The molecule has 1 heterocycles. The number of rotatable bonds is 4. The predicted octanol–water partition coefficient (Wildman–Crippen LogP) is 2.57. The van der Waals surface area contributed by atoms with Crippen LogP contribution in [0.2, 0.25) is 0 Å². The third-order valence-electron chi connectivity index (χ3n) is 3.06. The molecular formula is C12H18O2S. The van der Waals surface area contributed by atoms with Crippen LogP contribution >= 0.6 is 11.3 Å². The van der Waals surface area contributed by atoms with Crippen LogP contribution in [-0.2, 0) is 11.2 Å². The first-order valence-electron chi connectivity index (χ1n) is 5.65. The number of fused-ring (bicyclic) bond motifs is 1. The zero-order chi connectivity index (χ0) is 10.7. The van der Waals surface area contributed by atoms with E-state index in [1.807, 2.05) is 18.3 Å². The van der Waals surface area contributed by atoms with E-state index in [0.717, 1.165) is 6.42 Å². The van der Waals surface area contributed by atoms with E-state index in [-0.39, 0.29) is 6.10 Å². The zero-order valence-electron chi connectivity index (χ0n) is 9.11. The zero-order valence-corrected chi connectivity index (χ0v) is 9.93. The fourth-order valence-electron chi connectivity index (χ4n) is 2.28. The molecule has 1 aliphatic carbocycles. The van der Waals surface area contributed by atoms with Crippen molar-refractivity contribution in [2.75, 3.05) is 13.2 Å². The van der Waals surface area contributed by atoms with E-state index in [2.05, 4.69) is 11.4 Å². The molecule has 1 N–H and O–H groups in total. The Morgan fingerprint density at radius 2 is 2.53 bits per heavy atom. The quantitative estimate of drug-likeness (QED) is 0.855. The van der Waals surface area contributed by atoms with Crippen LogP contribution in [0.25, 0.3) is 0 Å². The highest BCUT2D eigenvalue weighted by Crippen LogP contribution is 2.36. The first kappa shape index (κ1) is 11.1. The minimum atomic E-state index is -0.335. The fourth-order valence-corrected chi connectivity index (χ4v) is 3.27. The molecule has 3 heteroatoms. The normalized spacial score (nSPS) is 22.4. The molecule has 15 heavy (non-hydrogen) atoms. The second kappa shape index (κ2) is 5.10. The number of aliphatic hydroxyl groups excluding tert-OH is 1. The van der Waals surface area contributed by atoms with E-state index < -0.39 is 0 Å². The highest BCUT2D eigenvalue weighted by molar-refractivity contribution is 7.10. The molecule has 1 aromatic rings. The molecule has 0 aromatic carbocycles. The van der Waals surface area contributed by atoms with Crippen LogP contribution in [0.5, 0.6) is 0 Å². The molecule has 0 aliphatic heterocycles. The average molecular weight is 226 g/mol. The summed E-state index contributed by atoms with van der Waals surface area (Å²) in [6, 6.07) is 2.17. The minimum Gasteiger partial charge on any atom is -0.390 e. The van der Waals surface area contributed by atoms with Gasteiger partial charge in [0, 0.05) is 17.4 Å². The number of hydrogen-bond donors (Lipinski definition) is 1. The summed E-state index contributed by atoms with van der Waals surface area (Å²) in [5.41, 5.74) is 1.36. The van der Waals surface area contributed by atoms with E-state index in [0.29, 0.717) is 19.1 Å². The summed E-state index contributed by atoms with van der Waals surface area (Å²) in [6.45, 7) is 3.11. The molecule has 0 saturated carbocycles. The van der Waals surface area contributed by atoms with Crippen LogP contribution in [0.15, 0.2) is 11.4 Å². The van der Waals surface area contributed by atoms with Gasteiger partial charge in [0.15, 0.2) is 0 Å². The van der Waals surface area contributed by atoms with Crippen molar-refractivity contribution in [3.05, 3.63) is 21.9 Å². The lowest BCUT2D eigenvalue weighted by atomic mass is 9.84.